The fourth-order valence-corrected chi connectivity index (χ4v) is 4.44. The van der Waals surface area contributed by atoms with Gasteiger partial charge in [0.25, 0.3) is 5.56 Å². The third-order valence-corrected chi connectivity index (χ3v) is 6.22. The number of carbonyl (C=O) groups excluding carboxylic acids is 1. The second-order valence-corrected chi connectivity index (χ2v) is 8.60. The Hall–Kier alpha value is -3.61. The first-order valence-corrected chi connectivity index (χ1v) is 11.6. The second-order valence-electron chi connectivity index (χ2n) is 8.60. The number of amides is 1. The van der Waals surface area contributed by atoms with Gasteiger partial charge in [-0.15, -0.1) is 0 Å². The van der Waals surface area contributed by atoms with E-state index in [1.807, 2.05) is 43.3 Å². The standard InChI is InChI=1S/C26H30N4O3/c1-2-3-14-29(22(31)16-19-12-13-20-10-7-11-21(20)15-19)23-24(27)30(26(33)28-25(23)32)17-18-8-5-4-6-9-18/h4-6,8-9,12-13,15H,2-3,7,10-11,14,16-17,27H2,1H3,(H,28,32,33). The van der Waals surface area contributed by atoms with Crippen molar-refractivity contribution in [1.82, 2.24) is 9.55 Å². The minimum Gasteiger partial charge on any atom is -0.383 e. The summed E-state index contributed by atoms with van der Waals surface area (Å²) in [7, 11) is 0. The van der Waals surface area contributed by atoms with Gasteiger partial charge in [-0.2, -0.15) is 0 Å². The number of hydrogen-bond acceptors (Lipinski definition) is 4. The quantitative estimate of drug-likeness (QED) is 0.555. The molecule has 4 rings (SSSR count). The molecule has 3 aromatic rings. The minimum absolute atomic E-state index is 0.00556. The van der Waals surface area contributed by atoms with Crippen LogP contribution in [-0.4, -0.2) is 22.0 Å². The molecule has 2 aromatic carbocycles. The first-order chi connectivity index (χ1) is 16.0. The highest BCUT2D eigenvalue weighted by atomic mass is 16.2. The van der Waals surface area contributed by atoms with Crippen LogP contribution in [0.2, 0.25) is 0 Å². The van der Waals surface area contributed by atoms with Gasteiger partial charge < -0.3 is 10.6 Å². The zero-order valence-electron chi connectivity index (χ0n) is 19.0. The van der Waals surface area contributed by atoms with Crippen molar-refractivity contribution in [3.8, 4) is 0 Å². The van der Waals surface area contributed by atoms with Gasteiger partial charge in [-0.3, -0.25) is 19.1 Å². The molecule has 0 bridgehead atoms. The van der Waals surface area contributed by atoms with E-state index in [9.17, 15) is 14.4 Å². The number of aromatic amines is 1. The Morgan fingerprint density at radius 3 is 2.58 bits per heavy atom. The number of aromatic nitrogens is 2. The number of fused-ring (bicyclic) bond motifs is 1. The van der Waals surface area contributed by atoms with E-state index in [0.717, 1.165) is 36.8 Å². The number of benzene rings is 2. The molecule has 0 radical (unpaired) electrons. The molecule has 0 saturated heterocycles. The number of nitrogens with one attached hydrogen (secondary N) is 1. The fraction of sp³-hybridized carbons (Fsp3) is 0.346. The summed E-state index contributed by atoms with van der Waals surface area (Å²) in [6, 6.07) is 15.6. The Labute approximate surface area is 192 Å². The zero-order valence-corrected chi connectivity index (χ0v) is 19.0. The van der Waals surface area contributed by atoms with Gasteiger partial charge in [0.2, 0.25) is 5.91 Å². The van der Waals surface area contributed by atoms with Crippen molar-refractivity contribution in [2.45, 2.75) is 52.0 Å². The third-order valence-electron chi connectivity index (χ3n) is 6.22. The topological polar surface area (TPSA) is 101 Å². The van der Waals surface area contributed by atoms with E-state index in [2.05, 4.69) is 17.1 Å². The van der Waals surface area contributed by atoms with Crippen LogP contribution >= 0.6 is 0 Å². The highest BCUT2D eigenvalue weighted by Crippen LogP contribution is 2.24. The van der Waals surface area contributed by atoms with Crippen LogP contribution in [0.3, 0.4) is 0 Å². The summed E-state index contributed by atoms with van der Waals surface area (Å²) < 4.78 is 1.31. The monoisotopic (exact) mass is 446 g/mol. The number of aryl methyl sites for hydroxylation is 2. The number of nitrogens with zero attached hydrogens (tertiary/aromatic N) is 2. The molecular weight excluding hydrogens is 416 g/mol. The molecule has 1 aliphatic rings. The molecular formula is C26H30N4O3. The van der Waals surface area contributed by atoms with E-state index in [1.165, 1.54) is 20.6 Å². The Balaban J connectivity index is 1.68. The Morgan fingerprint density at radius 2 is 1.82 bits per heavy atom. The van der Waals surface area contributed by atoms with Crippen LogP contribution in [0.1, 0.15) is 48.4 Å². The normalized spacial score (nSPS) is 12.5. The number of carbonyl (C=O) groups is 1. The molecule has 0 spiro atoms. The lowest BCUT2D eigenvalue weighted by atomic mass is 10.0. The maximum Gasteiger partial charge on any atom is 0.330 e. The summed E-state index contributed by atoms with van der Waals surface area (Å²) in [6.07, 6.45) is 5.00. The van der Waals surface area contributed by atoms with E-state index in [-0.39, 0.29) is 30.4 Å². The van der Waals surface area contributed by atoms with Gasteiger partial charge in [0, 0.05) is 6.54 Å². The minimum atomic E-state index is -0.639. The second kappa shape index (κ2) is 9.90. The largest absolute Gasteiger partial charge is 0.383 e. The van der Waals surface area contributed by atoms with Crippen LogP contribution in [0.25, 0.3) is 0 Å². The van der Waals surface area contributed by atoms with Crippen LogP contribution < -0.4 is 21.9 Å². The number of hydrogen-bond donors (Lipinski definition) is 2. The van der Waals surface area contributed by atoms with Crippen LogP contribution in [0.5, 0.6) is 0 Å². The van der Waals surface area contributed by atoms with Gasteiger partial charge in [-0.1, -0.05) is 61.9 Å². The zero-order chi connectivity index (χ0) is 23.4. The fourth-order valence-electron chi connectivity index (χ4n) is 4.44. The summed E-state index contributed by atoms with van der Waals surface area (Å²) in [5.41, 5.74) is 9.62. The Morgan fingerprint density at radius 1 is 1.06 bits per heavy atom. The summed E-state index contributed by atoms with van der Waals surface area (Å²) in [5, 5.41) is 0. The molecule has 172 valence electrons. The molecule has 0 unspecified atom stereocenters. The summed E-state index contributed by atoms with van der Waals surface area (Å²) >= 11 is 0. The molecule has 7 heteroatoms. The summed E-state index contributed by atoms with van der Waals surface area (Å²) in [5.74, 6) is -0.200. The van der Waals surface area contributed by atoms with E-state index >= 15 is 0 Å². The Bertz CT molecular complexity index is 1260. The number of rotatable bonds is 8. The average Bonchev–Trinajstić information content (AvgIpc) is 3.27. The molecule has 1 aromatic heterocycles. The maximum atomic E-state index is 13.4. The van der Waals surface area contributed by atoms with Gasteiger partial charge in [0.15, 0.2) is 5.69 Å². The first-order valence-electron chi connectivity index (χ1n) is 11.6. The van der Waals surface area contributed by atoms with Crippen molar-refractivity contribution in [2.24, 2.45) is 0 Å². The molecule has 1 aliphatic carbocycles. The van der Waals surface area contributed by atoms with Gasteiger partial charge in [-0.05, 0) is 47.9 Å². The van der Waals surface area contributed by atoms with E-state index in [1.54, 1.807) is 0 Å². The molecule has 3 N–H and O–H groups in total. The number of anilines is 2. The molecule has 1 amide bonds. The van der Waals surface area contributed by atoms with E-state index in [4.69, 9.17) is 5.73 Å². The molecule has 1 heterocycles. The third kappa shape index (κ3) is 4.92. The van der Waals surface area contributed by atoms with E-state index < -0.39 is 11.2 Å². The molecule has 0 aliphatic heterocycles. The average molecular weight is 447 g/mol. The summed E-state index contributed by atoms with van der Waals surface area (Å²) in [6.45, 7) is 2.58. The highest BCUT2D eigenvalue weighted by Gasteiger charge is 2.24. The predicted molar refractivity (Wildman–Crippen MR) is 131 cm³/mol. The van der Waals surface area contributed by atoms with Crippen molar-refractivity contribution in [3.63, 3.8) is 0 Å². The molecule has 0 saturated carbocycles. The number of nitrogen functional groups attached to an aromatic ring is 1. The van der Waals surface area contributed by atoms with Crippen LogP contribution in [0, 0.1) is 0 Å². The van der Waals surface area contributed by atoms with Crippen molar-refractivity contribution in [1.29, 1.82) is 0 Å². The predicted octanol–water partition coefficient (Wildman–Crippen LogP) is 3.03. The number of unbranched alkanes of at least 4 members (excludes halogenated alkanes) is 1. The molecule has 7 nitrogen and oxygen atoms in total. The van der Waals surface area contributed by atoms with Crippen molar-refractivity contribution < 1.29 is 4.79 Å². The van der Waals surface area contributed by atoms with Crippen LogP contribution in [0.15, 0.2) is 58.1 Å². The highest BCUT2D eigenvalue weighted by molar-refractivity contribution is 5.96. The van der Waals surface area contributed by atoms with Crippen molar-refractivity contribution in [2.75, 3.05) is 17.2 Å². The van der Waals surface area contributed by atoms with Gasteiger partial charge in [-0.25, -0.2) is 4.79 Å². The van der Waals surface area contributed by atoms with Crippen LogP contribution in [0.4, 0.5) is 11.5 Å². The first kappa shape index (κ1) is 22.6. The van der Waals surface area contributed by atoms with Crippen molar-refractivity contribution >= 4 is 17.4 Å². The summed E-state index contributed by atoms with van der Waals surface area (Å²) in [4.78, 5) is 42.6. The SMILES string of the molecule is CCCCN(C(=O)Cc1ccc2c(c1)CCC2)c1c(N)n(Cc2ccccc2)c(=O)[nH]c1=O. The molecule has 33 heavy (non-hydrogen) atoms. The van der Waals surface area contributed by atoms with Gasteiger partial charge in [0.05, 0.1) is 13.0 Å². The number of H-pyrrole nitrogens is 1. The maximum absolute atomic E-state index is 13.4. The van der Waals surface area contributed by atoms with E-state index in [0.29, 0.717) is 13.0 Å². The van der Waals surface area contributed by atoms with Crippen LogP contribution in [-0.2, 0) is 30.6 Å². The Kier molecular flexibility index (Phi) is 6.77. The lowest BCUT2D eigenvalue weighted by Crippen LogP contribution is -2.42. The molecule has 0 fully saturated rings. The van der Waals surface area contributed by atoms with Gasteiger partial charge >= 0.3 is 5.69 Å². The smallest absolute Gasteiger partial charge is 0.330 e. The lowest BCUT2D eigenvalue weighted by Gasteiger charge is -2.24. The lowest BCUT2D eigenvalue weighted by molar-refractivity contribution is -0.118. The van der Waals surface area contributed by atoms with Crippen molar-refractivity contribution in [3.05, 3.63) is 91.6 Å². The molecule has 0 atom stereocenters. The number of nitrogens with two attached hydrogens (primary N) is 1. The van der Waals surface area contributed by atoms with Gasteiger partial charge in [0.1, 0.15) is 5.82 Å².